The first-order chi connectivity index (χ1) is 10.2. The average Bonchev–Trinajstić information content (AvgIpc) is 2.44. The van der Waals surface area contributed by atoms with Gasteiger partial charge < -0.3 is 5.32 Å². The number of hydrogen-bond acceptors (Lipinski definition) is 4. The van der Waals surface area contributed by atoms with Gasteiger partial charge in [-0.15, -0.1) is 0 Å². The van der Waals surface area contributed by atoms with Gasteiger partial charge in [-0.1, -0.05) is 12.1 Å². The van der Waals surface area contributed by atoms with E-state index in [0.717, 1.165) is 6.26 Å². The van der Waals surface area contributed by atoms with Crippen LogP contribution in [-0.2, 0) is 9.84 Å². The van der Waals surface area contributed by atoms with E-state index < -0.39 is 28.5 Å². The summed E-state index contributed by atoms with van der Waals surface area (Å²) < 4.78 is 61.5. The fourth-order valence-corrected chi connectivity index (χ4v) is 3.24. The molecule has 4 nitrogen and oxygen atoms in total. The van der Waals surface area contributed by atoms with Crippen LogP contribution in [0.25, 0.3) is 0 Å². The van der Waals surface area contributed by atoms with Crippen molar-refractivity contribution in [1.29, 1.82) is 0 Å². The van der Waals surface area contributed by atoms with Crippen molar-refractivity contribution in [3.63, 3.8) is 0 Å². The first-order valence-corrected chi connectivity index (χ1v) is 8.87. The standard InChI is InChI=1S/C14H19F3N2O2S/c1-22(20,21)12-4-2-11(3-5-12)13(10-14(15,16)17)19-8-6-18-7-9-19/h2-5,13,18H,6-10H2,1H3/t13-/m0/s1. The molecule has 0 aliphatic carbocycles. The van der Waals surface area contributed by atoms with Crippen molar-refractivity contribution >= 4 is 9.84 Å². The number of halogens is 3. The normalized spacial score (nSPS) is 19.1. The number of piperazine rings is 1. The van der Waals surface area contributed by atoms with Gasteiger partial charge in [0.1, 0.15) is 0 Å². The minimum absolute atomic E-state index is 0.113. The van der Waals surface area contributed by atoms with E-state index >= 15 is 0 Å². The summed E-state index contributed by atoms with van der Waals surface area (Å²) in [5.74, 6) is 0. The molecule has 1 saturated heterocycles. The Balaban J connectivity index is 2.27. The maximum absolute atomic E-state index is 12.9. The summed E-state index contributed by atoms with van der Waals surface area (Å²) in [5, 5.41) is 3.11. The van der Waals surface area contributed by atoms with Crippen LogP contribution in [0.3, 0.4) is 0 Å². The fraction of sp³-hybridized carbons (Fsp3) is 0.571. The fourth-order valence-electron chi connectivity index (χ4n) is 2.61. The Labute approximate surface area is 128 Å². The molecule has 8 heteroatoms. The third kappa shape index (κ3) is 4.69. The Morgan fingerprint density at radius 2 is 1.73 bits per heavy atom. The summed E-state index contributed by atoms with van der Waals surface area (Å²) >= 11 is 0. The van der Waals surface area contributed by atoms with Crippen molar-refractivity contribution in [2.75, 3.05) is 32.4 Å². The molecule has 0 unspecified atom stereocenters. The predicted octanol–water partition coefficient (Wildman–Crippen LogP) is 1.99. The van der Waals surface area contributed by atoms with E-state index in [0.29, 0.717) is 31.7 Å². The molecule has 1 aliphatic heterocycles. The van der Waals surface area contributed by atoms with Gasteiger partial charge in [-0.05, 0) is 17.7 Å². The predicted molar refractivity (Wildman–Crippen MR) is 77.4 cm³/mol. The quantitative estimate of drug-likeness (QED) is 0.914. The molecule has 124 valence electrons. The van der Waals surface area contributed by atoms with Gasteiger partial charge in [0.2, 0.25) is 0 Å². The van der Waals surface area contributed by atoms with Gasteiger partial charge in [0, 0.05) is 38.5 Å². The Kier molecular flexibility index (Phi) is 5.14. The van der Waals surface area contributed by atoms with Gasteiger partial charge in [-0.25, -0.2) is 8.42 Å². The molecule has 1 atom stereocenters. The topological polar surface area (TPSA) is 49.4 Å². The Morgan fingerprint density at radius 1 is 1.18 bits per heavy atom. The highest BCUT2D eigenvalue weighted by Crippen LogP contribution is 2.34. The van der Waals surface area contributed by atoms with Crippen LogP contribution < -0.4 is 5.32 Å². The van der Waals surface area contributed by atoms with Gasteiger partial charge in [0.25, 0.3) is 0 Å². The lowest BCUT2D eigenvalue weighted by Gasteiger charge is -2.35. The molecule has 22 heavy (non-hydrogen) atoms. The largest absolute Gasteiger partial charge is 0.390 e. The Bertz CT molecular complexity index is 594. The summed E-state index contributed by atoms with van der Waals surface area (Å²) in [4.78, 5) is 1.90. The number of sulfone groups is 1. The van der Waals surface area contributed by atoms with E-state index in [1.54, 1.807) is 4.90 Å². The molecule has 0 radical (unpaired) electrons. The second-order valence-corrected chi connectivity index (χ2v) is 7.48. The molecule has 1 fully saturated rings. The van der Waals surface area contributed by atoms with Crippen molar-refractivity contribution in [3.05, 3.63) is 29.8 Å². The number of nitrogens with one attached hydrogen (secondary N) is 1. The number of nitrogens with zero attached hydrogens (tertiary/aromatic N) is 1. The molecule has 0 bridgehead atoms. The minimum atomic E-state index is -4.27. The van der Waals surface area contributed by atoms with Crippen LogP contribution in [0, 0.1) is 0 Å². The molecule has 1 aromatic rings. The summed E-state index contributed by atoms with van der Waals surface area (Å²) in [5.41, 5.74) is 0.492. The Morgan fingerprint density at radius 3 is 2.18 bits per heavy atom. The van der Waals surface area contributed by atoms with Crippen LogP contribution >= 0.6 is 0 Å². The first kappa shape index (κ1) is 17.2. The number of hydrogen-bond donors (Lipinski definition) is 1. The SMILES string of the molecule is CS(=O)(=O)c1ccc([C@H](CC(F)(F)F)N2CCNCC2)cc1. The van der Waals surface area contributed by atoms with Gasteiger partial charge in [0.05, 0.1) is 11.3 Å². The minimum Gasteiger partial charge on any atom is -0.314 e. The Hall–Kier alpha value is -1.12. The second-order valence-electron chi connectivity index (χ2n) is 5.46. The molecule has 0 saturated carbocycles. The van der Waals surface area contributed by atoms with Gasteiger partial charge >= 0.3 is 6.18 Å². The summed E-state index contributed by atoms with van der Waals surface area (Å²) in [6, 6.07) is 4.92. The molecule has 0 spiro atoms. The third-order valence-corrected chi connectivity index (χ3v) is 4.84. The van der Waals surface area contributed by atoms with Crippen LogP contribution in [0.2, 0.25) is 0 Å². The van der Waals surface area contributed by atoms with Crippen molar-refractivity contribution in [1.82, 2.24) is 10.2 Å². The second kappa shape index (κ2) is 6.55. The van der Waals surface area contributed by atoms with Gasteiger partial charge in [0.15, 0.2) is 9.84 Å². The lowest BCUT2D eigenvalue weighted by atomic mass is 10.0. The smallest absolute Gasteiger partial charge is 0.314 e. The maximum atomic E-state index is 12.9. The summed E-state index contributed by atoms with van der Waals surface area (Å²) in [6.07, 6.45) is -4.14. The number of alkyl halides is 3. The molecule has 1 N–H and O–H groups in total. The van der Waals surface area contributed by atoms with Crippen molar-refractivity contribution in [2.45, 2.75) is 23.5 Å². The van der Waals surface area contributed by atoms with Crippen LogP contribution in [-0.4, -0.2) is 51.9 Å². The van der Waals surface area contributed by atoms with Crippen LogP contribution in [0.15, 0.2) is 29.2 Å². The lowest BCUT2D eigenvalue weighted by Crippen LogP contribution is -2.46. The average molecular weight is 336 g/mol. The van der Waals surface area contributed by atoms with E-state index in [2.05, 4.69) is 5.32 Å². The van der Waals surface area contributed by atoms with Crippen molar-refractivity contribution in [2.24, 2.45) is 0 Å². The molecule has 1 aliphatic rings. The molecular formula is C14H19F3N2O2S. The van der Waals surface area contributed by atoms with Crippen LogP contribution in [0.1, 0.15) is 18.0 Å². The van der Waals surface area contributed by atoms with Gasteiger partial charge in [-0.2, -0.15) is 13.2 Å². The highest BCUT2D eigenvalue weighted by molar-refractivity contribution is 7.90. The van der Waals surface area contributed by atoms with E-state index in [-0.39, 0.29) is 4.90 Å². The van der Waals surface area contributed by atoms with Gasteiger partial charge in [-0.3, -0.25) is 4.90 Å². The maximum Gasteiger partial charge on any atom is 0.390 e. The van der Waals surface area contributed by atoms with Crippen LogP contribution in [0.4, 0.5) is 13.2 Å². The van der Waals surface area contributed by atoms with E-state index in [4.69, 9.17) is 0 Å². The lowest BCUT2D eigenvalue weighted by molar-refractivity contribution is -0.148. The molecule has 1 heterocycles. The van der Waals surface area contributed by atoms with Crippen LogP contribution in [0.5, 0.6) is 0 Å². The summed E-state index contributed by atoms with van der Waals surface area (Å²) in [6.45, 7) is 2.37. The molecule has 0 amide bonds. The number of benzene rings is 1. The molecule has 0 aromatic heterocycles. The molecular weight excluding hydrogens is 317 g/mol. The summed E-state index contributed by atoms with van der Waals surface area (Å²) in [7, 11) is -3.35. The third-order valence-electron chi connectivity index (χ3n) is 3.71. The van der Waals surface area contributed by atoms with E-state index in [1.165, 1.54) is 24.3 Å². The zero-order valence-corrected chi connectivity index (χ0v) is 13.0. The zero-order chi connectivity index (χ0) is 16.4. The van der Waals surface area contributed by atoms with E-state index in [1.807, 2.05) is 0 Å². The molecule has 1 aromatic carbocycles. The molecule has 2 rings (SSSR count). The zero-order valence-electron chi connectivity index (χ0n) is 12.2. The first-order valence-electron chi connectivity index (χ1n) is 6.98. The monoisotopic (exact) mass is 336 g/mol. The van der Waals surface area contributed by atoms with Crippen molar-refractivity contribution < 1.29 is 21.6 Å². The number of rotatable bonds is 4. The van der Waals surface area contributed by atoms with E-state index in [9.17, 15) is 21.6 Å². The highest BCUT2D eigenvalue weighted by atomic mass is 32.2. The van der Waals surface area contributed by atoms with Crippen molar-refractivity contribution in [3.8, 4) is 0 Å². The highest BCUT2D eigenvalue weighted by Gasteiger charge is 2.35.